The molecule has 1 amide bonds. The molecule has 0 aliphatic rings. The fraction of sp³-hybridized carbons (Fsp3) is 0.250. The zero-order valence-corrected chi connectivity index (χ0v) is 14.6. The van der Waals surface area contributed by atoms with Crippen molar-refractivity contribution in [1.82, 2.24) is 4.90 Å². The van der Waals surface area contributed by atoms with Crippen LogP contribution in [-0.4, -0.2) is 38.8 Å². The Morgan fingerprint density at radius 2 is 2.00 bits per heavy atom. The van der Waals surface area contributed by atoms with Crippen LogP contribution in [0.15, 0.2) is 45.9 Å². The second-order valence-corrected chi connectivity index (χ2v) is 6.99. The maximum Gasteiger partial charge on any atom is 0.338 e. The van der Waals surface area contributed by atoms with Crippen molar-refractivity contribution in [2.45, 2.75) is 18.4 Å². The molecule has 0 atom stereocenters. The Morgan fingerprint density at radius 3 is 2.60 bits per heavy atom. The molecule has 0 aliphatic heterocycles. The van der Waals surface area contributed by atoms with E-state index in [1.54, 1.807) is 26.1 Å². The topological polar surface area (TPSA) is 120 Å². The highest BCUT2D eigenvalue weighted by Gasteiger charge is 2.18. The van der Waals surface area contributed by atoms with Crippen LogP contribution in [-0.2, 0) is 26.1 Å². The van der Waals surface area contributed by atoms with Gasteiger partial charge in [-0.3, -0.25) is 4.79 Å². The van der Waals surface area contributed by atoms with Crippen LogP contribution in [0.25, 0.3) is 0 Å². The molecule has 0 radical (unpaired) electrons. The normalized spacial score (nSPS) is 11.2. The maximum absolute atomic E-state index is 12.1. The van der Waals surface area contributed by atoms with Gasteiger partial charge in [0, 0.05) is 7.05 Å². The minimum atomic E-state index is -3.94. The third-order valence-corrected chi connectivity index (χ3v) is 4.39. The predicted octanol–water partition coefficient (Wildman–Crippen LogP) is 1.05. The highest BCUT2D eigenvalue weighted by molar-refractivity contribution is 7.89. The van der Waals surface area contributed by atoms with Gasteiger partial charge in [-0.2, -0.15) is 0 Å². The summed E-state index contributed by atoms with van der Waals surface area (Å²) in [4.78, 5) is 25.3. The summed E-state index contributed by atoms with van der Waals surface area (Å²) in [5, 5.41) is 5.05. The van der Waals surface area contributed by atoms with Crippen LogP contribution in [0.2, 0.25) is 0 Å². The van der Waals surface area contributed by atoms with Crippen molar-refractivity contribution in [3.05, 3.63) is 53.5 Å². The van der Waals surface area contributed by atoms with E-state index < -0.39 is 28.5 Å². The monoisotopic (exact) mass is 366 g/mol. The van der Waals surface area contributed by atoms with Crippen molar-refractivity contribution in [1.29, 1.82) is 0 Å². The first kappa shape index (κ1) is 18.7. The van der Waals surface area contributed by atoms with Gasteiger partial charge < -0.3 is 14.1 Å². The molecule has 0 bridgehead atoms. The van der Waals surface area contributed by atoms with E-state index in [2.05, 4.69) is 0 Å². The lowest BCUT2D eigenvalue weighted by Gasteiger charge is -2.16. The van der Waals surface area contributed by atoms with Crippen molar-refractivity contribution in [2.24, 2.45) is 5.14 Å². The number of primary sulfonamides is 1. The second kappa shape index (κ2) is 7.49. The van der Waals surface area contributed by atoms with Crippen LogP contribution in [0.1, 0.15) is 21.7 Å². The number of amides is 1. The molecule has 2 aromatic rings. The Morgan fingerprint density at radius 1 is 1.28 bits per heavy atom. The zero-order chi connectivity index (χ0) is 18.6. The zero-order valence-electron chi connectivity index (χ0n) is 13.8. The largest absolute Gasteiger partial charge is 0.467 e. The average molecular weight is 366 g/mol. The molecule has 0 fully saturated rings. The number of nitrogens with zero attached hydrogens (tertiary/aromatic N) is 1. The van der Waals surface area contributed by atoms with Gasteiger partial charge in [0.2, 0.25) is 10.0 Å². The van der Waals surface area contributed by atoms with Crippen LogP contribution in [0.3, 0.4) is 0 Å². The number of hydrogen-bond donors (Lipinski definition) is 1. The Hall–Kier alpha value is -2.65. The molecular weight excluding hydrogens is 348 g/mol. The molecular formula is C16H18N2O6S. The number of esters is 1. The van der Waals surface area contributed by atoms with Crippen LogP contribution in [0.4, 0.5) is 0 Å². The van der Waals surface area contributed by atoms with E-state index in [0.29, 0.717) is 11.3 Å². The number of furan rings is 1. The number of hydrogen-bond acceptors (Lipinski definition) is 6. The van der Waals surface area contributed by atoms with Gasteiger partial charge in [0.25, 0.3) is 5.91 Å². The first-order chi connectivity index (χ1) is 11.7. The summed E-state index contributed by atoms with van der Waals surface area (Å²) in [5.74, 6) is -0.633. The summed E-state index contributed by atoms with van der Waals surface area (Å²) in [7, 11) is -2.40. The van der Waals surface area contributed by atoms with Gasteiger partial charge >= 0.3 is 5.97 Å². The number of ether oxygens (including phenoxy) is 1. The number of rotatable bonds is 6. The minimum Gasteiger partial charge on any atom is -0.467 e. The molecule has 0 spiro atoms. The van der Waals surface area contributed by atoms with Crippen molar-refractivity contribution in [3.63, 3.8) is 0 Å². The van der Waals surface area contributed by atoms with Gasteiger partial charge in [0.05, 0.1) is 23.3 Å². The Kier molecular flexibility index (Phi) is 5.60. The van der Waals surface area contributed by atoms with Gasteiger partial charge in [-0.25, -0.2) is 18.4 Å². The number of carbonyl (C=O) groups excluding carboxylic acids is 2. The second-order valence-electron chi connectivity index (χ2n) is 5.43. The Labute approximate surface area is 145 Å². The van der Waals surface area contributed by atoms with Gasteiger partial charge in [-0.1, -0.05) is 6.07 Å². The molecule has 25 heavy (non-hydrogen) atoms. The lowest BCUT2D eigenvalue weighted by atomic mass is 10.1. The van der Waals surface area contributed by atoms with Crippen molar-refractivity contribution in [3.8, 4) is 0 Å². The summed E-state index contributed by atoms with van der Waals surface area (Å²) in [6.07, 6.45) is 1.49. The quantitative estimate of drug-likeness (QED) is 0.763. The number of likely N-dealkylation sites (N-methyl/N-ethyl adjacent to an activating group) is 1. The summed E-state index contributed by atoms with van der Waals surface area (Å²) < 4.78 is 32.9. The van der Waals surface area contributed by atoms with E-state index in [4.69, 9.17) is 14.3 Å². The van der Waals surface area contributed by atoms with E-state index in [0.717, 1.165) is 6.07 Å². The van der Waals surface area contributed by atoms with E-state index >= 15 is 0 Å². The highest BCUT2D eigenvalue weighted by Crippen LogP contribution is 2.15. The molecule has 8 nitrogen and oxygen atoms in total. The van der Waals surface area contributed by atoms with Crippen LogP contribution < -0.4 is 5.14 Å². The third-order valence-electron chi connectivity index (χ3n) is 3.48. The number of aryl methyl sites for hydroxylation is 1. The molecule has 0 unspecified atom stereocenters. The first-order valence-corrected chi connectivity index (χ1v) is 8.80. The fourth-order valence-electron chi connectivity index (χ4n) is 2.04. The molecule has 1 aromatic heterocycles. The lowest BCUT2D eigenvalue weighted by Crippen LogP contribution is -2.30. The first-order valence-electron chi connectivity index (χ1n) is 7.25. The number of benzene rings is 1. The summed E-state index contributed by atoms with van der Waals surface area (Å²) >= 11 is 0. The standard InChI is InChI=1S/C16H18N2O6S/c1-11-5-6-13(25(17,21)22)8-14(11)16(20)24-10-15(19)18(2)9-12-4-3-7-23-12/h3-8H,9-10H2,1-2H3,(H2,17,21,22). The Bertz CT molecular complexity index is 874. The Balaban J connectivity index is 2.01. The number of nitrogens with two attached hydrogens (primary N) is 1. The average Bonchev–Trinajstić information content (AvgIpc) is 3.04. The van der Waals surface area contributed by atoms with Crippen molar-refractivity contribution in [2.75, 3.05) is 13.7 Å². The SMILES string of the molecule is Cc1ccc(S(N)(=O)=O)cc1C(=O)OCC(=O)N(C)Cc1ccco1. The minimum absolute atomic E-state index is 0.0352. The maximum atomic E-state index is 12.1. The van der Waals surface area contributed by atoms with Gasteiger partial charge in [0.15, 0.2) is 6.61 Å². The number of sulfonamides is 1. The third kappa shape index (κ3) is 4.91. The van der Waals surface area contributed by atoms with Gasteiger partial charge in [-0.15, -0.1) is 0 Å². The highest BCUT2D eigenvalue weighted by atomic mass is 32.2. The van der Waals surface area contributed by atoms with E-state index in [1.807, 2.05) is 0 Å². The molecule has 2 rings (SSSR count). The van der Waals surface area contributed by atoms with Gasteiger partial charge in [0.1, 0.15) is 5.76 Å². The summed E-state index contributed by atoms with van der Waals surface area (Å²) in [5.41, 5.74) is 0.543. The summed E-state index contributed by atoms with van der Waals surface area (Å²) in [6, 6.07) is 7.29. The van der Waals surface area contributed by atoms with E-state index in [-0.39, 0.29) is 17.0 Å². The summed E-state index contributed by atoms with van der Waals surface area (Å²) in [6.45, 7) is 1.38. The number of carbonyl (C=O) groups is 2. The lowest BCUT2D eigenvalue weighted by molar-refractivity contribution is -0.133. The van der Waals surface area contributed by atoms with E-state index in [9.17, 15) is 18.0 Å². The van der Waals surface area contributed by atoms with Crippen LogP contribution >= 0.6 is 0 Å². The smallest absolute Gasteiger partial charge is 0.338 e. The van der Waals surface area contributed by atoms with Crippen LogP contribution in [0, 0.1) is 6.92 Å². The fourth-order valence-corrected chi connectivity index (χ4v) is 2.58. The molecule has 134 valence electrons. The molecule has 1 aromatic carbocycles. The molecule has 1 heterocycles. The molecule has 0 aliphatic carbocycles. The predicted molar refractivity (Wildman–Crippen MR) is 88.0 cm³/mol. The molecule has 0 saturated carbocycles. The molecule has 2 N–H and O–H groups in total. The molecule has 0 saturated heterocycles. The molecule has 9 heteroatoms. The van der Waals surface area contributed by atoms with Crippen molar-refractivity contribution < 1.29 is 27.2 Å². The van der Waals surface area contributed by atoms with Crippen LogP contribution in [0.5, 0.6) is 0 Å². The van der Waals surface area contributed by atoms with Crippen molar-refractivity contribution >= 4 is 21.9 Å². The van der Waals surface area contributed by atoms with E-state index in [1.165, 1.54) is 23.3 Å². The van der Waals surface area contributed by atoms with Gasteiger partial charge in [-0.05, 0) is 36.8 Å².